The first kappa shape index (κ1) is 16.1. The molecule has 0 aliphatic carbocycles. The Morgan fingerprint density at radius 2 is 2.13 bits per heavy atom. The second kappa shape index (κ2) is 7.64. The molecule has 0 spiro atoms. The van der Waals surface area contributed by atoms with Gasteiger partial charge in [-0.05, 0) is 6.07 Å². The number of carbonyl (C=O) groups is 1. The van der Waals surface area contributed by atoms with Gasteiger partial charge in [-0.3, -0.25) is 14.6 Å². The van der Waals surface area contributed by atoms with E-state index >= 15 is 0 Å². The number of amides is 1. The van der Waals surface area contributed by atoms with Gasteiger partial charge in [0, 0.05) is 18.5 Å². The summed E-state index contributed by atoms with van der Waals surface area (Å²) in [7, 11) is 0. The molecule has 0 fully saturated rings. The van der Waals surface area contributed by atoms with Crippen LogP contribution in [-0.4, -0.2) is 33.8 Å². The Labute approximate surface area is 128 Å². The number of benzene rings is 1. The van der Waals surface area contributed by atoms with Gasteiger partial charge in [0.15, 0.2) is 0 Å². The zero-order valence-electron chi connectivity index (χ0n) is 11.8. The summed E-state index contributed by atoms with van der Waals surface area (Å²) in [5.74, 6) is -0.992. The molecule has 1 heterocycles. The van der Waals surface area contributed by atoms with E-state index < -0.39 is 23.0 Å². The third-order valence-electron chi connectivity index (χ3n) is 2.65. The van der Waals surface area contributed by atoms with Crippen molar-refractivity contribution < 1.29 is 9.18 Å². The van der Waals surface area contributed by atoms with Gasteiger partial charge in [0.2, 0.25) is 11.7 Å². The van der Waals surface area contributed by atoms with Crippen molar-refractivity contribution in [1.82, 2.24) is 20.6 Å². The highest BCUT2D eigenvalue weighted by molar-refractivity contribution is 5.82. The van der Waals surface area contributed by atoms with Gasteiger partial charge in [-0.2, -0.15) is 5.10 Å². The molecule has 0 radical (unpaired) electrons. The first-order valence-corrected chi connectivity index (χ1v) is 6.55. The predicted molar refractivity (Wildman–Crippen MR) is 80.7 cm³/mol. The summed E-state index contributed by atoms with van der Waals surface area (Å²) in [4.78, 5) is 35.6. The zero-order valence-corrected chi connectivity index (χ0v) is 11.8. The molecule has 0 aliphatic heterocycles. The Kier molecular flexibility index (Phi) is 5.34. The Bertz CT molecular complexity index is 829. The number of halogens is 1. The highest BCUT2D eigenvalue weighted by atomic mass is 19.1. The quantitative estimate of drug-likeness (QED) is 0.423. The minimum absolute atomic E-state index is 0.00510. The number of hydrogen-bond donors (Lipinski definition) is 4. The van der Waals surface area contributed by atoms with Crippen molar-refractivity contribution in [2.75, 3.05) is 11.9 Å². The number of rotatable bonds is 6. The standard InChI is InChI=1S/C13H13FN6O3/c14-9-4-2-1-3-8(9)7-16-18-10(21)5-6-15-11-12(22)17-13(23)20-19-11/h1-4,7H,5-6H2,(H,15,19)(H,18,21)(H2,17,20,22,23). The van der Waals surface area contributed by atoms with Gasteiger partial charge >= 0.3 is 5.69 Å². The van der Waals surface area contributed by atoms with Gasteiger partial charge in [0.1, 0.15) is 5.82 Å². The Morgan fingerprint density at radius 3 is 2.87 bits per heavy atom. The lowest BCUT2D eigenvalue weighted by Gasteiger charge is -2.02. The third-order valence-corrected chi connectivity index (χ3v) is 2.65. The fourth-order valence-electron chi connectivity index (χ4n) is 1.57. The van der Waals surface area contributed by atoms with E-state index in [-0.39, 0.29) is 24.3 Å². The normalized spacial score (nSPS) is 10.7. The molecule has 120 valence electrons. The van der Waals surface area contributed by atoms with E-state index in [4.69, 9.17) is 0 Å². The van der Waals surface area contributed by atoms with E-state index in [1.165, 1.54) is 18.3 Å². The highest BCUT2D eigenvalue weighted by Gasteiger charge is 2.04. The minimum Gasteiger partial charge on any atom is -0.364 e. The molecule has 2 aromatic rings. The van der Waals surface area contributed by atoms with Crippen molar-refractivity contribution in [3.8, 4) is 0 Å². The lowest BCUT2D eigenvalue weighted by Crippen LogP contribution is -2.28. The summed E-state index contributed by atoms with van der Waals surface area (Å²) in [6, 6.07) is 5.98. The second-order valence-corrected chi connectivity index (χ2v) is 4.35. The van der Waals surface area contributed by atoms with Crippen molar-refractivity contribution in [3.63, 3.8) is 0 Å². The van der Waals surface area contributed by atoms with Crippen LogP contribution in [0.1, 0.15) is 12.0 Å². The van der Waals surface area contributed by atoms with E-state index in [1.54, 1.807) is 12.1 Å². The molecule has 0 atom stereocenters. The molecule has 4 N–H and O–H groups in total. The number of carbonyl (C=O) groups excluding carboxylic acids is 1. The summed E-state index contributed by atoms with van der Waals surface area (Å²) in [6.07, 6.45) is 1.18. The van der Waals surface area contributed by atoms with Crippen LogP contribution in [0, 0.1) is 5.82 Å². The number of nitrogens with one attached hydrogen (secondary N) is 4. The smallest absolute Gasteiger partial charge is 0.342 e. The van der Waals surface area contributed by atoms with Crippen LogP contribution in [0.4, 0.5) is 10.2 Å². The first-order valence-electron chi connectivity index (χ1n) is 6.55. The molecule has 0 bridgehead atoms. The second-order valence-electron chi connectivity index (χ2n) is 4.35. The zero-order chi connectivity index (χ0) is 16.7. The summed E-state index contributed by atoms with van der Waals surface area (Å²) in [5, 5.41) is 11.8. The molecule has 1 aromatic heterocycles. The predicted octanol–water partition coefficient (Wildman–Crippen LogP) is -0.450. The third kappa shape index (κ3) is 4.88. The largest absolute Gasteiger partial charge is 0.364 e. The van der Waals surface area contributed by atoms with Crippen molar-refractivity contribution in [2.24, 2.45) is 5.10 Å². The Balaban J connectivity index is 1.78. The number of hydrogen-bond acceptors (Lipinski definition) is 6. The van der Waals surface area contributed by atoms with Gasteiger partial charge in [-0.25, -0.2) is 19.7 Å². The van der Waals surface area contributed by atoms with Crippen LogP contribution in [0.2, 0.25) is 0 Å². The molecular formula is C13H13FN6O3. The van der Waals surface area contributed by atoms with Gasteiger partial charge in [-0.15, -0.1) is 5.10 Å². The molecule has 2 rings (SSSR count). The van der Waals surface area contributed by atoms with Gasteiger partial charge in [0.05, 0.1) is 6.21 Å². The maximum Gasteiger partial charge on any atom is 0.342 e. The van der Waals surface area contributed by atoms with Crippen LogP contribution in [0.25, 0.3) is 0 Å². The van der Waals surface area contributed by atoms with Crippen molar-refractivity contribution in [1.29, 1.82) is 0 Å². The summed E-state index contributed by atoms with van der Waals surface area (Å²) in [6.45, 7) is 0.100. The average molecular weight is 320 g/mol. The lowest BCUT2D eigenvalue weighted by molar-refractivity contribution is -0.120. The first-order chi connectivity index (χ1) is 11.1. The Hall–Kier alpha value is -3.30. The van der Waals surface area contributed by atoms with Crippen LogP contribution >= 0.6 is 0 Å². The maximum atomic E-state index is 13.3. The minimum atomic E-state index is -0.722. The lowest BCUT2D eigenvalue weighted by atomic mass is 10.2. The topological polar surface area (TPSA) is 132 Å². The summed E-state index contributed by atoms with van der Waals surface area (Å²) < 4.78 is 13.3. The monoisotopic (exact) mass is 320 g/mol. The van der Waals surface area contributed by atoms with Gasteiger partial charge in [0.25, 0.3) is 5.56 Å². The Morgan fingerprint density at radius 1 is 1.35 bits per heavy atom. The van der Waals surface area contributed by atoms with Crippen molar-refractivity contribution >= 4 is 17.9 Å². The number of nitrogens with zero attached hydrogens (tertiary/aromatic N) is 2. The van der Waals surface area contributed by atoms with E-state index in [9.17, 15) is 18.8 Å². The number of anilines is 1. The molecule has 10 heteroatoms. The SMILES string of the molecule is O=C(CCNc1n[nH]c(=O)[nH]c1=O)NN=Cc1ccccc1F. The maximum absolute atomic E-state index is 13.3. The van der Waals surface area contributed by atoms with E-state index in [1.807, 2.05) is 4.98 Å². The molecule has 1 aromatic carbocycles. The molecule has 0 unspecified atom stereocenters. The number of H-pyrrole nitrogens is 2. The van der Waals surface area contributed by atoms with Crippen molar-refractivity contribution in [2.45, 2.75) is 6.42 Å². The number of aromatic amines is 2. The van der Waals surface area contributed by atoms with Crippen LogP contribution in [0.3, 0.4) is 0 Å². The van der Waals surface area contributed by atoms with E-state index in [0.29, 0.717) is 0 Å². The fraction of sp³-hybridized carbons (Fsp3) is 0.154. The summed E-state index contributed by atoms with van der Waals surface area (Å²) in [5.41, 5.74) is 1.06. The molecule has 23 heavy (non-hydrogen) atoms. The van der Waals surface area contributed by atoms with Crippen molar-refractivity contribution in [3.05, 3.63) is 56.5 Å². The molecule has 0 aliphatic rings. The van der Waals surface area contributed by atoms with Crippen LogP contribution in [0.15, 0.2) is 39.0 Å². The van der Waals surface area contributed by atoms with E-state index in [2.05, 4.69) is 26.0 Å². The highest BCUT2D eigenvalue weighted by Crippen LogP contribution is 2.02. The summed E-state index contributed by atoms with van der Waals surface area (Å²) >= 11 is 0. The van der Waals surface area contributed by atoms with Crippen LogP contribution in [0.5, 0.6) is 0 Å². The number of aromatic nitrogens is 3. The fourth-order valence-corrected chi connectivity index (χ4v) is 1.57. The number of hydrazone groups is 1. The molecular weight excluding hydrogens is 307 g/mol. The van der Waals surface area contributed by atoms with Crippen LogP contribution in [-0.2, 0) is 4.79 Å². The average Bonchev–Trinajstić information content (AvgIpc) is 2.51. The van der Waals surface area contributed by atoms with Gasteiger partial charge < -0.3 is 5.32 Å². The molecule has 0 saturated carbocycles. The van der Waals surface area contributed by atoms with Gasteiger partial charge in [-0.1, -0.05) is 18.2 Å². The molecule has 0 saturated heterocycles. The van der Waals surface area contributed by atoms with Crippen LogP contribution < -0.4 is 22.0 Å². The molecule has 1 amide bonds. The van der Waals surface area contributed by atoms with E-state index in [0.717, 1.165) is 0 Å². The molecule has 9 nitrogen and oxygen atoms in total.